The van der Waals surface area contributed by atoms with Crippen molar-refractivity contribution in [2.75, 3.05) is 12.4 Å². The van der Waals surface area contributed by atoms with E-state index in [9.17, 15) is 14.5 Å². The highest BCUT2D eigenvalue weighted by atomic mass is 31.0. The van der Waals surface area contributed by atoms with Crippen molar-refractivity contribution in [2.24, 2.45) is 0 Å². The number of nitro benzene ring substituents is 1. The van der Waals surface area contributed by atoms with Gasteiger partial charge in [0.15, 0.2) is 11.6 Å². The Kier molecular flexibility index (Phi) is 9.85. The Labute approximate surface area is 203 Å². The quantitative estimate of drug-likeness (QED) is 0.192. The Morgan fingerprint density at radius 3 is 2.65 bits per heavy atom. The number of nitro groups is 1. The maximum absolute atomic E-state index is 14.0. The van der Waals surface area contributed by atoms with Gasteiger partial charge in [0.1, 0.15) is 11.4 Å². The molecule has 0 heterocycles. The lowest BCUT2D eigenvalue weighted by molar-refractivity contribution is -0.384. The molecule has 34 heavy (non-hydrogen) atoms. The molecule has 0 radical (unpaired) electrons. The summed E-state index contributed by atoms with van der Waals surface area (Å²) in [6, 6.07) is 11.2. The second kappa shape index (κ2) is 12.8. The highest BCUT2D eigenvalue weighted by molar-refractivity contribution is 7.20. The van der Waals surface area contributed by atoms with Gasteiger partial charge in [-0.3, -0.25) is 15.0 Å². The Morgan fingerprint density at radius 2 is 1.97 bits per heavy atom. The van der Waals surface area contributed by atoms with Crippen molar-refractivity contribution < 1.29 is 14.1 Å². The minimum atomic E-state index is -0.485. The lowest BCUT2D eigenvalue weighted by Gasteiger charge is -2.32. The number of halogens is 1. The van der Waals surface area contributed by atoms with Crippen molar-refractivity contribution in [1.82, 2.24) is 4.90 Å². The van der Waals surface area contributed by atoms with E-state index >= 15 is 0 Å². The van der Waals surface area contributed by atoms with Crippen molar-refractivity contribution >= 4 is 25.7 Å². The van der Waals surface area contributed by atoms with E-state index in [1.807, 2.05) is 0 Å². The van der Waals surface area contributed by atoms with Crippen molar-refractivity contribution in [3.63, 3.8) is 0 Å². The van der Waals surface area contributed by atoms with Crippen LogP contribution in [0, 0.1) is 15.9 Å². The van der Waals surface area contributed by atoms with Gasteiger partial charge in [0.25, 0.3) is 5.69 Å². The van der Waals surface area contributed by atoms with Gasteiger partial charge in [-0.15, -0.1) is 8.86 Å². The molecule has 0 aliphatic heterocycles. The Morgan fingerprint density at radius 1 is 1.24 bits per heavy atom. The zero-order chi connectivity index (χ0) is 24.5. The first kappa shape index (κ1) is 26.1. The van der Waals surface area contributed by atoms with Crippen LogP contribution in [0.4, 0.5) is 15.8 Å². The second-order valence-corrected chi connectivity index (χ2v) is 9.56. The van der Waals surface area contributed by atoms with Crippen LogP contribution >= 0.6 is 8.86 Å². The Hall–Kier alpha value is -2.50. The van der Waals surface area contributed by atoms with Crippen LogP contribution < -0.4 is 10.1 Å². The predicted octanol–water partition coefficient (Wildman–Crippen LogP) is 7.42. The van der Waals surface area contributed by atoms with Gasteiger partial charge in [0.2, 0.25) is 0 Å². The molecular weight excluding hydrogens is 452 g/mol. The molecule has 184 valence electrons. The highest BCUT2D eigenvalue weighted by Gasteiger charge is 2.22. The molecule has 0 saturated heterocycles. The summed E-state index contributed by atoms with van der Waals surface area (Å²) in [5, 5.41) is 15.0. The van der Waals surface area contributed by atoms with Crippen LogP contribution in [0.15, 0.2) is 42.5 Å². The van der Waals surface area contributed by atoms with Gasteiger partial charge >= 0.3 is 0 Å². The number of ether oxygens (including phenoxy) is 1. The van der Waals surface area contributed by atoms with Crippen molar-refractivity contribution in [3.05, 3.63) is 58.4 Å². The maximum atomic E-state index is 14.0. The molecule has 1 N–H and O–H groups in total. The average Bonchev–Trinajstić information content (AvgIpc) is 2.84. The molecule has 0 amide bonds. The number of hydrogen-bond donors (Lipinski definition) is 1. The van der Waals surface area contributed by atoms with Crippen molar-refractivity contribution in [1.29, 1.82) is 0 Å². The van der Waals surface area contributed by atoms with Gasteiger partial charge in [-0.25, -0.2) is 4.39 Å². The molecule has 0 bridgehead atoms. The summed E-state index contributed by atoms with van der Waals surface area (Å²) in [5.41, 5.74) is 1.53. The fraction of sp³-hybridized carbons (Fsp3) is 0.500. The minimum absolute atomic E-state index is 0.0242. The highest BCUT2D eigenvalue weighted by Crippen LogP contribution is 2.33. The molecular formula is C26H35FN3O3P. The molecule has 1 unspecified atom stereocenters. The first-order valence-corrected chi connectivity index (χ1v) is 12.7. The minimum Gasteiger partial charge on any atom is -0.454 e. The first-order valence-electron chi connectivity index (χ1n) is 12.2. The third-order valence-electron chi connectivity index (χ3n) is 6.50. The van der Waals surface area contributed by atoms with Crippen LogP contribution in [-0.2, 0) is 0 Å². The molecule has 0 aromatic heterocycles. The monoisotopic (exact) mass is 487 g/mol. The number of hydrogen-bond acceptors (Lipinski definition) is 4. The fourth-order valence-corrected chi connectivity index (χ4v) is 4.87. The molecule has 1 saturated carbocycles. The molecule has 1 aliphatic rings. The van der Waals surface area contributed by atoms with Gasteiger partial charge in [-0.05, 0) is 57.4 Å². The van der Waals surface area contributed by atoms with E-state index < -0.39 is 10.7 Å². The fourth-order valence-electron chi connectivity index (χ4n) is 4.54. The topological polar surface area (TPSA) is 67.6 Å². The molecule has 8 heteroatoms. The zero-order valence-electron chi connectivity index (χ0n) is 20.1. The number of benzene rings is 2. The molecule has 2 aromatic carbocycles. The van der Waals surface area contributed by atoms with Gasteiger partial charge in [-0.2, -0.15) is 0 Å². The van der Waals surface area contributed by atoms with Crippen LogP contribution in [0.5, 0.6) is 11.5 Å². The molecule has 0 spiro atoms. The molecule has 2 aromatic rings. The normalized spacial score (nSPS) is 15.2. The summed E-state index contributed by atoms with van der Waals surface area (Å²) in [7, 11) is 5.99. The lowest BCUT2D eigenvalue weighted by Crippen LogP contribution is -2.37. The molecule has 6 nitrogen and oxygen atoms in total. The van der Waals surface area contributed by atoms with Crippen molar-refractivity contribution in [2.45, 2.75) is 76.8 Å². The average molecular weight is 488 g/mol. The number of nitrogens with one attached hydrogen (secondary N) is 1. The van der Waals surface area contributed by atoms with E-state index in [0.29, 0.717) is 17.5 Å². The second-order valence-electron chi connectivity index (χ2n) is 8.99. The largest absolute Gasteiger partial charge is 0.454 e. The SMILES string of the molecule is CCCC(CCC(=P)N(C)C1CCCCC1)Nc1cc(Oc2ccccc2F)ccc1[N+](=O)[O-]. The van der Waals surface area contributed by atoms with Gasteiger partial charge in [0.05, 0.1) is 4.92 Å². The van der Waals surface area contributed by atoms with E-state index in [4.69, 9.17) is 4.74 Å². The summed E-state index contributed by atoms with van der Waals surface area (Å²) < 4.78 is 19.7. The summed E-state index contributed by atoms with van der Waals surface area (Å²) >= 11 is 0. The summed E-state index contributed by atoms with van der Waals surface area (Å²) in [4.78, 5) is 13.6. The van der Waals surface area contributed by atoms with E-state index in [-0.39, 0.29) is 17.5 Å². The summed E-state index contributed by atoms with van der Waals surface area (Å²) in [6.45, 7) is 2.10. The first-order chi connectivity index (χ1) is 16.4. The predicted molar refractivity (Wildman–Crippen MR) is 139 cm³/mol. The van der Waals surface area contributed by atoms with E-state index in [1.54, 1.807) is 18.2 Å². The summed E-state index contributed by atoms with van der Waals surface area (Å²) in [5.74, 6) is -0.0595. The smallest absolute Gasteiger partial charge is 0.292 e. The number of para-hydroxylation sites is 1. The zero-order valence-corrected chi connectivity index (χ0v) is 21.1. The maximum Gasteiger partial charge on any atom is 0.292 e. The molecule has 1 atom stereocenters. The standard InChI is InChI=1S/C26H35FN3O3P/c1-3-9-19(14-17-26(34)29(2)20-10-5-4-6-11-20)28-23-18-21(15-16-24(23)30(31)32)33-25-13-8-7-12-22(25)27/h7-8,12-13,15-16,18-20,28,34H,3-6,9-11,14,17H2,1-2H3. The number of nitrogens with zero attached hydrogens (tertiary/aromatic N) is 2. The van der Waals surface area contributed by atoms with E-state index in [0.717, 1.165) is 25.7 Å². The Balaban J connectivity index is 1.70. The molecule has 1 fully saturated rings. The van der Waals surface area contributed by atoms with Crippen molar-refractivity contribution in [3.8, 4) is 11.5 Å². The van der Waals surface area contributed by atoms with Crippen LogP contribution in [0.1, 0.15) is 64.7 Å². The number of rotatable bonds is 12. The van der Waals surface area contributed by atoms with Gasteiger partial charge in [0, 0.05) is 29.6 Å². The molecule has 3 rings (SSSR count). The summed E-state index contributed by atoms with van der Waals surface area (Å²) in [6.07, 6.45) is 9.84. The molecule has 1 aliphatic carbocycles. The lowest BCUT2D eigenvalue weighted by atomic mass is 9.94. The Bertz CT molecular complexity index is 982. The third-order valence-corrected chi connectivity index (χ3v) is 7.11. The number of anilines is 1. The third kappa shape index (κ3) is 7.25. The van der Waals surface area contributed by atoms with Crippen LogP contribution in [0.25, 0.3) is 0 Å². The van der Waals surface area contributed by atoms with E-state index in [1.165, 1.54) is 61.8 Å². The van der Waals surface area contributed by atoms with Crippen LogP contribution in [0.3, 0.4) is 0 Å². The van der Waals surface area contributed by atoms with E-state index in [2.05, 4.69) is 33.1 Å². The van der Waals surface area contributed by atoms with Crippen LogP contribution in [0.2, 0.25) is 0 Å². The van der Waals surface area contributed by atoms with Gasteiger partial charge < -0.3 is 10.1 Å². The van der Waals surface area contributed by atoms with Crippen LogP contribution in [-0.4, -0.2) is 34.4 Å². The van der Waals surface area contributed by atoms with Gasteiger partial charge in [-0.1, -0.05) is 44.7 Å².